The maximum absolute atomic E-state index is 9.84. The van der Waals surface area contributed by atoms with E-state index in [0.29, 0.717) is 22.8 Å². The fourth-order valence-electron chi connectivity index (χ4n) is 2.24. The molecule has 0 aliphatic heterocycles. The van der Waals surface area contributed by atoms with Crippen LogP contribution in [0.25, 0.3) is 11.4 Å². The van der Waals surface area contributed by atoms with E-state index in [-0.39, 0.29) is 11.5 Å². The first-order valence-electron chi connectivity index (χ1n) is 7.55. The third-order valence-corrected chi connectivity index (χ3v) is 3.64. The Bertz CT molecular complexity index is 978. The van der Waals surface area contributed by atoms with Crippen molar-refractivity contribution in [1.29, 1.82) is 0 Å². The van der Waals surface area contributed by atoms with Gasteiger partial charge in [0.2, 0.25) is 4.77 Å². The van der Waals surface area contributed by atoms with Crippen molar-refractivity contribution in [3.63, 3.8) is 0 Å². The summed E-state index contributed by atoms with van der Waals surface area (Å²) in [6.07, 6.45) is 1.44. The molecule has 3 N–H and O–H groups in total. The zero-order valence-corrected chi connectivity index (χ0v) is 14.2. The van der Waals surface area contributed by atoms with E-state index >= 15 is 0 Å². The monoisotopic (exact) mass is 356 g/mol. The van der Waals surface area contributed by atoms with Gasteiger partial charge in [0, 0.05) is 17.2 Å². The Morgan fingerprint density at radius 3 is 2.88 bits per heavy atom. The maximum atomic E-state index is 9.84. The number of ether oxygens (including phenoxy) is 1. The first kappa shape index (κ1) is 16.7. The van der Waals surface area contributed by atoms with Crippen LogP contribution in [0, 0.1) is 4.77 Å². The van der Waals surface area contributed by atoms with Crippen molar-refractivity contribution >= 4 is 18.4 Å². The number of rotatable bonds is 5. The van der Waals surface area contributed by atoms with E-state index in [9.17, 15) is 10.2 Å². The molecule has 0 saturated heterocycles. The number of nitrogens with one attached hydrogen (secondary N) is 1. The molecule has 0 spiro atoms. The van der Waals surface area contributed by atoms with Crippen molar-refractivity contribution in [3.05, 3.63) is 52.8 Å². The number of hydrogen-bond acceptors (Lipinski definition) is 6. The molecule has 2 aromatic carbocycles. The number of nitrogens with zero attached hydrogens (tertiary/aromatic N) is 3. The lowest BCUT2D eigenvalue weighted by Gasteiger charge is -2.05. The molecule has 0 aliphatic carbocycles. The molecule has 0 aliphatic rings. The average molecular weight is 356 g/mol. The van der Waals surface area contributed by atoms with Crippen molar-refractivity contribution in [3.8, 4) is 28.6 Å². The fraction of sp³-hybridized carbons (Fsp3) is 0.118. The lowest BCUT2D eigenvalue weighted by Crippen LogP contribution is -1.96. The molecule has 3 rings (SSSR count). The van der Waals surface area contributed by atoms with Gasteiger partial charge in [-0.2, -0.15) is 14.9 Å². The van der Waals surface area contributed by atoms with E-state index in [1.54, 1.807) is 6.07 Å². The standard InChI is InChI=1S/C17H16N4O3S/c1-2-24-14-5-3-4-11(8-14)16-19-20-17(25)21(16)18-10-12-6-7-13(22)9-15(12)23/h3-10,22-23H,2H2,1H3,(H,20,25)/b18-10-. The Balaban J connectivity index is 1.98. The smallest absolute Gasteiger partial charge is 0.216 e. The Morgan fingerprint density at radius 2 is 2.12 bits per heavy atom. The van der Waals surface area contributed by atoms with Crippen LogP contribution in [-0.2, 0) is 0 Å². The average Bonchev–Trinajstić information content (AvgIpc) is 2.95. The number of H-pyrrole nitrogens is 1. The second kappa shape index (κ2) is 7.18. The lowest BCUT2D eigenvalue weighted by atomic mass is 10.2. The molecule has 0 atom stereocenters. The van der Waals surface area contributed by atoms with E-state index in [4.69, 9.17) is 17.0 Å². The van der Waals surface area contributed by atoms with Gasteiger partial charge >= 0.3 is 0 Å². The van der Waals surface area contributed by atoms with Gasteiger partial charge in [0.15, 0.2) is 5.82 Å². The minimum atomic E-state index is -0.0846. The fourth-order valence-corrected chi connectivity index (χ4v) is 2.42. The summed E-state index contributed by atoms with van der Waals surface area (Å²) in [6, 6.07) is 11.7. The van der Waals surface area contributed by atoms with E-state index in [2.05, 4.69) is 15.3 Å². The Labute approximate surface area is 148 Å². The third kappa shape index (κ3) is 3.69. The van der Waals surface area contributed by atoms with Crippen LogP contribution < -0.4 is 4.74 Å². The van der Waals surface area contributed by atoms with Crippen molar-refractivity contribution in [2.24, 2.45) is 5.10 Å². The molecular weight excluding hydrogens is 340 g/mol. The minimum absolute atomic E-state index is 0.0250. The Morgan fingerprint density at radius 1 is 1.28 bits per heavy atom. The molecule has 3 aromatic rings. The zero-order valence-electron chi connectivity index (χ0n) is 13.4. The van der Waals surface area contributed by atoms with E-state index < -0.39 is 0 Å². The largest absolute Gasteiger partial charge is 0.508 e. The van der Waals surface area contributed by atoms with Crippen LogP contribution in [0.4, 0.5) is 0 Å². The van der Waals surface area contributed by atoms with E-state index in [1.165, 1.54) is 23.0 Å². The molecule has 0 saturated carbocycles. The van der Waals surface area contributed by atoms with Gasteiger partial charge in [-0.25, -0.2) is 5.10 Å². The van der Waals surface area contributed by atoms with Crippen LogP contribution >= 0.6 is 12.2 Å². The first-order chi connectivity index (χ1) is 12.1. The molecule has 25 heavy (non-hydrogen) atoms. The van der Waals surface area contributed by atoms with E-state index in [1.807, 2.05) is 31.2 Å². The number of hydrogen-bond donors (Lipinski definition) is 3. The second-order valence-corrected chi connectivity index (χ2v) is 5.50. The molecule has 0 amide bonds. The van der Waals surface area contributed by atoms with Crippen molar-refractivity contribution < 1.29 is 14.9 Å². The SMILES string of the molecule is CCOc1cccc(-c2n[nH]c(=S)n2/N=C\c2ccc(O)cc2O)c1. The summed E-state index contributed by atoms with van der Waals surface area (Å²) in [6.45, 7) is 2.48. The molecule has 1 aromatic heterocycles. The molecule has 1 heterocycles. The maximum Gasteiger partial charge on any atom is 0.216 e. The van der Waals surface area contributed by atoms with Crippen molar-refractivity contribution in [2.45, 2.75) is 6.92 Å². The normalized spacial score (nSPS) is 11.1. The van der Waals surface area contributed by atoms with Gasteiger partial charge in [0.1, 0.15) is 17.2 Å². The van der Waals surface area contributed by atoms with Crippen LogP contribution in [0.2, 0.25) is 0 Å². The summed E-state index contributed by atoms with van der Waals surface area (Å²) in [4.78, 5) is 0. The molecule has 0 bridgehead atoms. The molecule has 7 nitrogen and oxygen atoms in total. The number of aromatic hydroxyl groups is 2. The summed E-state index contributed by atoms with van der Waals surface area (Å²) in [7, 11) is 0. The zero-order chi connectivity index (χ0) is 17.8. The number of aromatic amines is 1. The topological polar surface area (TPSA) is 95.7 Å². The Hall–Kier alpha value is -3.13. The van der Waals surface area contributed by atoms with Crippen LogP contribution in [-0.4, -0.2) is 37.9 Å². The highest BCUT2D eigenvalue weighted by Crippen LogP contribution is 2.24. The molecular formula is C17H16N4O3S. The first-order valence-corrected chi connectivity index (χ1v) is 7.96. The molecule has 0 unspecified atom stereocenters. The summed E-state index contributed by atoms with van der Waals surface area (Å²) < 4.78 is 7.26. The summed E-state index contributed by atoms with van der Waals surface area (Å²) in [5.41, 5.74) is 1.22. The number of benzene rings is 2. The predicted molar refractivity (Wildman–Crippen MR) is 96.8 cm³/mol. The van der Waals surface area contributed by atoms with Gasteiger partial charge in [-0.15, -0.1) is 0 Å². The highest BCUT2D eigenvalue weighted by molar-refractivity contribution is 7.71. The summed E-state index contributed by atoms with van der Waals surface area (Å²) >= 11 is 5.22. The van der Waals surface area contributed by atoms with Crippen LogP contribution in [0.3, 0.4) is 0 Å². The molecule has 128 valence electrons. The van der Waals surface area contributed by atoms with Gasteiger partial charge in [-0.1, -0.05) is 12.1 Å². The quantitative estimate of drug-likeness (QED) is 0.481. The lowest BCUT2D eigenvalue weighted by molar-refractivity contribution is 0.340. The predicted octanol–water partition coefficient (Wildman–Crippen LogP) is 3.30. The van der Waals surface area contributed by atoms with Gasteiger partial charge in [-0.3, -0.25) is 0 Å². The molecule has 8 heteroatoms. The Kier molecular flexibility index (Phi) is 4.80. The van der Waals surface area contributed by atoms with Crippen molar-refractivity contribution in [1.82, 2.24) is 14.9 Å². The van der Waals surface area contributed by atoms with Gasteiger partial charge < -0.3 is 14.9 Å². The molecule has 0 fully saturated rings. The van der Waals surface area contributed by atoms with Gasteiger partial charge in [0.25, 0.3) is 0 Å². The summed E-state index contributed by atoms with van der Waals surface area (Å²) in [5.74, 6) is 1.13. The number of aromatic nitrogens is 3. The highest BCUT2D eigenvalue weighted by Gasteiger charge is 2.09. The van der Waals surface area contributed by atoms with Gasteiger partial charge in [-0.05, 0) is 43.4 Å². The van der Waals surface area contributed by atoms with Crippen LogP contribution in [0.15, 0.2) is 47.6 Å². The van der Waals surface area contributed by atoms with Crippen molar-refractivity contribution in [2.75, 3.05) is 6.61 Å². The summed E-state index contributed by atoms with van der Waals surface area (Å²) in [5, 5.41) is 30.4. The molecule has 0 radical (unpaired) electrons. The second-order valence-electron chi connectivity index (χ2n) is 5.11. The van der Waals surface area contributed by atoms with Crippen LogP contribution in [0.5, 0.6) is 17.2 Å². The number of phenols is 2. The number of phenolic OH excluding ortho intramolecular Hbond substituents is 2. The van der Waals surface area contributed by atoms with E-state index in [0.717, 1.165) is 11.3 Å². The highest BCUT2D eigenvalue weighted by atomic mass is 32.1. The van der Waals surface area contributed by atoms with Crippen LogP contribution in [0.1, 0.15) is 12.5 Å². The minimum Gasteiger partial charge on any atom is -0.508 e. The van der Waals surface area contributed by atoms with Gasteiger partial charge in [0.05, 0.1) is 12.8 Å². The third-order valence-electron chi connectivity index (χ3n) is 3.38.